The van der Waals surface area contributed by atoms with Crippen molar-refractivity contribution in [3.05, 3.63) is 42.2 Å². The first-order valence-corrected chi connectivity index (χ1v) is 6.84. The molecule has 114 valence electrons. The highest BCUT2D eigenvalue weighted by Gasteiger charge is 2.03. The highest BCUT2D eigenvalue weighted by atomic mass is 19.1. The molecule has 0 radical (unpaired) electrons. The summed E-state index contributed by atoms with van der Waals surface area (Å²) in [4.78, 5) is 21.2. The van der Waals surface area contributed by atoms with Gasteiger partial charge in [0.25, 0.3) is 0 Å². The Morgan fingerprint density at radius 2 is 1.90 bits per heavy atom. The molecule has 5 heteroatoms. The Bertz CT molecular complexity index is 485. The third-order valence-corrected chi connectivity index (χ3v) is 2.82. The molecular formula is C16H19FO4. The first-order valence-electron chi connectivity index (χ1n) is 6.84. The van der Waals surface area contributed by atoms with Gasteiger partial charge in [0.1, 0.15) is 11.6 Å². The SMILES string of the molecule is C=CC(=O)OCCCCCCOc1ccc(C=O)c(F)c1. The number of esters is 1. The van der Waals surface area contributed by atoms with E-state index in [1.807, 2.05) is 0 Å². The van der Waals surface area contributed by atoms with Gasteiger partial charge in [0.05, 0.1) is 18.8 Å². The second-order valence-electron chi connectivity index (χ2n) is 4.44. The molecule has 1 aromatic carbocycles. The number of carbonyl (C=O) groups excluding carboxylic acids is 2. The second kappa shape index (κ2) is 9.69. The predicted molar refractivity (Wildman–Crippen MR) is 76.9 cm³/mol. The summed E-state index contributed by atoms with van der Waals surface area (Å²) in [5.41, 5.74) is 0.0245. The van der Waals surface area contributed by atoms with Crippen molar-refractivity contribution in [2.45, 2.75) is 25.7 Å². The number of hydrogen-bond donors (Lipinski definition) is 0. The van der Waals surface area contributed by atoms with E-state index >= 15 is 0 Å². The van der Waals surface area contributed by atoms with Crippen LogP contribution in [0.1, 0.15) is 36.0 Å². The molecule has 0 bridgehead atoms. The molecule has 0 atom stereocenters. The second-order valence-corrected chi connectivity index (χ2v) is 4.44. The van der Waals surface area contributed by atoms with Gasteiger partial charge in [-0.05, 0) is 37.8 Å². The molecule has 1 aromatic rings. The summed E-state index contributed by atoms with van der Waals surface area (Å²) >= 11 is 0. The maximum atomic E-state index is 13.3. The number of unbranched alkanes of at least 4 members (excludes halogenated alkanes) is 3. The van der Waals surface area contributed by atoms with E-state index < -0.39 is 11.8 Å². The van der Waals surface area contributed by atoms with Crippen molar-refractivity contribution in [3.8, 4) is 5.75 Å². The Kier molecular flexibility index (Phi) is 7.79. The maximum Gasteiger partial charge on any atom is 0.330 e. The van der Waals surface area contributed by atoms with E-state index in [9.17, 15) is 14.0 Å². The first-order chi connectivity index (χ1) is 10.2. The number of carbonyl (C=O) groups is 2. The molecule has 0 N–H and O–H groups in total. The summed E-state index contributed by atoms with van der Waals surface area (Å²) in [6.07, 6.45) is 5.09. The van der Waals surface area contributed by atoms with Gasteiger partial charge in [-0.2, -0.15) is 0 Å². The molecular weight excluding hydrogens is 275 g/mol. The lowest BCUT2D eigenvalue weighted by atomic mass is 10.2. The zero-order valence-electron chi connectivity index (χ0n) is 11.8. The number of benzene rings is 1. The van der Waals surface area contributed by atoms with Crippen molar-refractivity contribution in [1.82, 2.24) is 0 Å². The largest absolute Gasteiger partial charge is 0.493 e. The molecule has 0 saturated carbocycles. The van der Waals surface area contributed by atoms with Crippen LogP contribution in [0, 0.1) is 5.82 Å². The lowest BCUT2D eigenvalue weighted by Crippen LogP contribution is -2.02. The fourth-order valence-corrected chi connectivity index (χ4v) is 1.67. The summed E-state index contributed by atoms with van der Waals surface area (Å²) in [7, 11) is 0. The quantitative estimate of drug-likeness (QED) is 0.287. The number of rotatable bonds is 10. The van der Waals surface area contributed by atoms with Crippen molar-refractivity contribution < 1.29 is 23.5 Å². The number of ether oxygens (including phenoxy) is 2. The fourth-order valence-electron chi connectivity index (χ4n) is 1.67. The smallest absolute Gasteiger partial charge is 0.330 e. The molecule has 1 rings (SSSR count). The lowest BCUT2D eigenvalue weighted by molar-refractivity contribution is -0.137. The molecule has 0 unspecified atom stereocenters. The summed E-state index contributed by atoms with van der Waals surface area (Å²) in [5.74, 6) is -0.566. The molecule has 0 spiro atoms. The van der Waals surface area contributed by atoms with Crippen LogP contribution in [0.3, 0.4) is 0 Å². The van der Waals surface area contributed by atoms with Crippen LogP contribution < -0.4 is 4.74 Å². The van der Waals surface area contributed by atoms with Crippen LogP contribution in [0.15, 0.2) is 30.9 Å². The van der Waals surface area contributed by atoms with E-state index in [0.29, 0.717) is 25.2 Å². The molecule has 0 aliphatic heterocycles. The average Bonchev–Trinajstić information content (AvgIpc) is 2.49. The third kappa shape index (κ3) is 6.70. The third-order valence-electron chi connectivity index (χ3n) is 2.82. The summed E-state index contributed by atoms with van der Waals surface area (Å²) in [5, 5.41) is 0. The van der Waals surface area contributed by atoms with Gasteiger partial charge < -0.3 is 9.47 Å². The van der Waals surface area contributed by atoms with E-state index in [1.165, 1.54) is 12.1 Å². The van der Waals surface area contributed by atoms with Crippen LogP contribution >= 0.6 is 0 Å². The van der Waals surface area contributed by atoms with Crippen LogP contribution in [0.4, 0.5) is 4.39 Å². The first kappa shape index (κ1) is 16.9. The molecule has 21 heavy (non-hydrogen) atoms. The highest BCUT2D eigenvalue weighted by Crippen LogP contribution is 2.16. The molecule has 0 aliphatic rings. The van der Waals surface area contributed by atoms with Crippen LogP contribution in [0.25, 0.3) is 0 Å². The zero-order valence-corrected chi connectivity index (χ0v) is 11.8. The molecule has 0 aromatic heterocycles. The average molecular weight is 294 g/mol. The lowest BCUT2D eigenvalue weighted by Gasteiger charge is -2.07. The van der Waals surface area contributed by atoms with Crippen molar-refractivity contribution >= 4 is 12.3 Å². The van der Waals surface area contributed by atoms with Crippen molar-refractivity contribution in [2.24, 2.45) is 0 Å². The molecule has 0 saturated heterocycles. The van der Waals surface area contributed by atoms with Gasteiger partial charge in [0.2, 0.25) is 0 Å². The number of aldehydes is 1. The Labute approximate surface area is 123 Å². The molecule has 0 aliphatic carbocycles. The van der Waals surface area contributed by atoms with E-state index in [1.54, 1.807) is 6.07 Å². The van der Waals surface area contributed by atoms with Gasteiger partial charge in [-0.25, -0.2) is 9.18 Å². The summed E-state index contributed by atoms with van der Waals surface area (Å²) < 4.78 is 23.5. The van der Waals surface area contributed by atoms with Crippen molar-refractivity contribution in [2.75, 3.05) is 13.2 Å². The summed E-state index contributed by atoms with van der Waals surface area (Å²) in [6.45, 7) is 4.18. The minimum Gasteiger partial charge on any atom is -0.493 e. The monoisotopic (exact) mass is 294 g/mol. The minimum atomic E-state index is -0.577. The van der Waals surface area contributed by atoms with E-state index in [0.717, 1.165) is 31.8 Å². The normalized spacial score (nSPS) is 9.95. The van der Waals surface area contributed by atoms with E-state index in [-0.39, 0.29) is 5.56 Å². The Balaban J connectivity index is 2.09. The molecule has 0 fully saturated rings. The van der Waals surface area contributed by atoms with E-state index in [2.05, 4.69) is 6.58 Å². The van der Waals surface area contributed by atoms with Gasteiger partial charge in [0.15, 0.2) is 6.29 Å². The van der Waals surface area contributed by atoms with Gasteiger partial charge in [-0.15, -0.1) is 0 Å². The van der Waals surface area contributed by atoms with E-state index in [4.69, 9.17) is 9.47 Å². The van der Waals surface area contributed by atoms with Gasteiger partial charge in [-0.1, -0.05) is 6.58 Å². The maximum absolute atomic E-state index is 13.3. The van der Waals surface area contributed by atoms with Gasteiger partial charge >= 0.3 is 5.97 Å². The predicted octanol–water partition coefficient (Wildman–Crippen LogP) is 3.31. The minimum absolute atomic E-state index is 0.0245. The Morgan fingerprint density at radius 1 is 1.19 bits per heavy atom. The Morgan fingerprint density at radius 3 is 2.52 bits per heavy atom. The molecule has 0 heterocycles. The van der Waals surface area contributed by atoms with Crippen molar-refractivity contribution in [3.63, 3.8) is 0 Å². The molecule has 0 amide bonds. The zero-order chi connectivity index (χ0) is 15.5. The standard InChI is InChI=1S/C16H19FO4/c1-2-16(19)21-10-6-4-3-5-9-20-14-8-7-13(12-18)15(17)11-14/h2,7-8,11-12H,1,3-6,9-10H2. The van der Waals surface area contributed by atoms with Crippen LogP contribution in [-0.2, 0) is 9.53 Å². The number of hydrogen-bond acceptors (Lipinski definition) is 4. The van der Waals surface area contributed by atoms with Crippen LogP contribution in [-0.4, -0.2) is 25.5 Å². The van der Waals surface area contributed by atoms with Gasteiger partial charge in [0, 0.05) is 12.1 Å². The van der Waals surface area contributed by atoms with Crippen LogP contribution in [0.5, 0.6) is 5.75 Å². The fraction of sp³-hybridized carbons (Fsp3) is 0.375. The topological polar surface area (TPSA) is 52.6 Å². The Hall–Kier alpha value is -2.17. The number of halogens is 1. The molecule has 4 nitrogen and oxygen atoms in total. The highest BCUT2D eigenvalue weighted by molar-refractivity contribution is 5.81. The van der Waals surface area contributed by atoms with Gasteiger partial charge in [-0.3, -0.25) is 4.79 Å². The van der Waals surface area contributed by atoms with Crippen LogP contribution in [0.2, 0.25) is 0 Å². The summed E-state index contributed by atoms with van der Waals surface area (Å²) in [6, 6.07) is 4.17. The van der Waals surface area contributed by atoms with Crippen molar-refractivity contribution in [1.29, 1.82) is 0 Å².